The largest absolute Gasteiger partial charge is 0.445 e. The molecule has 2 amide bonds. The Kier molecular flexibility index (Phi) is 13.0. The third-order valence-corrected chi connectivity index (χ3v) is 5.72. The van der Waals surface area contributed by atoms with Crippen LogP contribution in [0.25, 0.3) is 0 Å². The second-order valence-electron chi connectivity index (χ2n) is 8.60. The van der Waals surface area contributed by atoms with E-state index in [9.17, 15) is 14.4 Å². The van der Waals surface area contributed by atoms with Crippen molar-refractivity contribution in [1.82, 2.24) is 10.6 Å². The van der Waals surface area contributed by atoms with E-state index in [1.807, 2.05) is 58.0 Å². The maximum Gasteiger partial charge on any atom is 0.408 e. The summed E-state index contributed by atoms with van der Waals surface area (Å²) in [4.78, 5) is 37.9. The predicted octanol–water partition coefficient (Wildman–Crippen LogP) is 4.57. The molecule has 1 rings (SSSR count). The molecule has 6 nitrogen and oxygen atoms in total. The maximum absolute atomic E-state index is 13.0. The Hall–Kier alpha value is -2.02. The van der Waals surface area contributed by atoms with E-state index in [2.05, 4.69) is 17.6 Å². The van der Waals surface area contributed by atoms with Crippen molar-refractivity contribution in [3.63, 3.8) is 0 Å². The van der Waals surface area contributed by atoms with Crippen molar-refractivity contribution in [3.8, 4) is 0 Å². The Morgan fingerprint density at radius 1 is 0.935 bits per heavy atom. The SMILES string of the molecule is CCCSCC(=O)[C@H](CC(C)C)NC(=O)[C@H](CC(C)C)NC(=O)OCc1ccccc1. The topological polar surface area (TPSA) is 84.5 Å². The van der Waals surface area contributed by atoms with E-state index in [4.69, 9.17) is 4.74 Å². The molecule has 1 aromatic rings. The van der Waals surface area contributed by atoms with Gasteiger partial charge < -0.3 is 15.4 Å². The number of carbonyl (C=O) groups excluding carboxylic acids is 3. The smallest absolute Gasteiger partial charge is 0.408 e. The van der Waals surface area contributed by atoms with Crippen LogP contribution in [0.3, 0.4) is 0 Å². The van der Waals surface area contributed by atoms with Crippen LogP contribution in [0.2, 0.25) is 0 Å². The van der Waals surface area contributed by atoms with Crippen molar-refractivity contribution in [2.75, 3.05) is 11.5 Å². The molecular formula is C24H38N2O4S. The number of carbonyl (C=O) groups is 3. The molecule has 0 fully saturated rings. The lowest BCUT2D eigenvalue weighted by molar-refractivity contribution is -0.128. The van der Waals surface area contributed by atoms with Gasteiger partial charge in [-0.2, -0.15) is 11.8 Å². The first-order chi connectivity index (χ1) is 14.7. The number of alkyl carbamates (subject to hydrolysis) is 1. The quantitative estimate of drug-likeness (QED) is 0.406. The van der Waals surface area contributed by atoms with Crippen LogP contribution in [-0.4, -0.2) is 41.4 Å². The van der Waals surface area contributed by atoms with Gasteiger partial charge in [0.05, 0.1) is 11.8 Å². The normalized spacial score (nSPS) is 13.0. The standard InChI is InChI=1S/C24H38N2O4S/c1-6-12-31-16-22(27)20(13-17(2)3)25-23(28)21(14-18(4)5)26-24(29)30-15-19-10-8-7-9-11-19/h7-11,17-18,20-21H,6,12-16H2,1-5H3,(H,25,28)(H,26,29)/t20-,21-/m0/s1. The number of nitrogens with one attached hydrogen (secondary N) is 2. The van der Waals surface area contributed by atoms with Gasteiger partial charge in [-0.05, 0) is 42.4 Å². The zero-order valence-corrected chi connectivity index (χ0v) is 20.3. The summed E-state index contributed by atoms with van der Waals surface area (Å²) >= 11 is 1.59. The molecule has 0 saturated heterocycles. The van der Waals surface area contributed by atoms with Crippen molar-refractivity contribution in [3.05, 3.63) is 35.9 Å². The molecule has 31 heavy (non-hydrogen) atoms. The number of ether oxygens (including phenoxy) is 1. The molecule has 174 valence electrons. The Labute approximate surface area is 191 Å². The molecule has 0 saturated carbocycles. The van der Waals surface area contributed by atoms with Gasteiger partial charge in [-0.15, -0.1) is 0 Å². The van der Waals surface area contributed by atoms with Crippen LogP contribution in [0.15, 0.2) is 30.3 Å². The molecule has 0 spiro atoms. The van der Waals surface area contributed by atoms with Crippen LogP contribution in [0.4, 0.5) is 4.79 Å². The third kappa shape index (κ3) is 11.8. The summed E-state index contributed by atoms with van der Waals surface area (Å²) in [6.07, 6.45) is 1.39. The van der Waals surface area contributed by atoms with Crippen LogP contribution in [-0.2, 0) is 20.9 Å². The average Bonchev–Trinajstić information content (AvgIpc) is 2.71. The van der Waals surface area contributed by atoms with Crippen molar-refractivity contribution in [2.24, 2.45) is 11.8 Å². The Morgan fingerprint density at radius 2 is 1.55 bits per heavy atom. The minimum absolute atomic E-state index is 0.0236. The fourth-order valence-electron chi connectivity index (χ4n) is 3.04. The minimum Gasteiger partial charge on any atom is -0.445 e. The lowest BCUT2D eigenvalue weighted by Gasteiger charge is -2.24. The highest BCUT2D eigenvalue weighted by Crippen LogP contribution is 2.12. The number of thioether (sulfide) groups is 1. The highest BCUT2D eigenvalue weighted by Gasteiger charge is 2.28. The molecule has 0 aliphatic rings. The predicted molar refractivity (Wildman–Crippen MR) is 127 cm³/mol. The number of rotatable bonds is 14. The lowest BCUT2D eigenvalue weighted by Crippen LogP contribution is -2.52. The number of amides is 2. The van der Waals surface area contributed by atoms with Crippen molar-refractivity contribution < 1.29 is 19.1 Å². The summed E-state index contributed by atoms with van der Waals surface area (Å²) in [5, 5.41) is 5.57. The number of Topliss-reactive ketones (excluding diaryl/α,β-unsaturated/α-hetero) is 1. The Balaban J connectivity index is 2.73. The van der Waals surface area contributed by atoms with Gasteiger partial charge in [0.25, 0.3) is 0 Å². The summed E-state index contributed by atoms with van der Waals surface area (Å²) < 4.78 is 5.27. The van der Waals surface area contributed by atoms with Gasteiger partial charge in [0.15, 0.2) is 5.78 Å². The molecule has 0 radical (unpaired) electrons. The highest BCUT2D eigenvalue weighted by molar-refractivity contribution is 7.99. The average molecular weight is 451 g/mol. The second kappa shape index (κ2) is 14.9. The van der Waals surface area contributed by atoms with E-state index < -0.39 is 18.2 Å². The van der Waals surface area contributed by atoms with Gasteiger partial charge in [-0.25, -0.2) is 4.79 Å². The molecular weight excluding hydrogens is 412 g/mol. The molecule has 0 heterocycles. The molecule has 0 unspecified atom stereocenters. The molecule has 2 N–H and O–H groups in total. The van der Waals surface area contributed by atoms with Gasteiger partial charge in [-0.1, -0.05) is 65.0 Å². The molecule has 2 atom stereocenters. The molecule has 0 aliphatic heterocycles. The summed E-state index contributed by atoms with van der Waals surface area (Å²) in [6, 6.07) is 8.06. The number of hydrogen-bond donors (Lipinski definition) is 2. The first-order valence-electron chi connectivity index (χ1n) is 11.1. The van der Waals surface area contributed by atoms with Crippen LogP contribution in [0.5, 0.6) is 0 Å². The molecule has 1 aromatic carbocycles. The molecule has 0 bridgehead atoms. The van der Waals surface area contributed by atoms with E-state index >= 15 is 0 Å². The van der Waals surface area contributed by atoms with Crippen LogP contribution < -0.4 is 10.6 Å². The Morgan fingerprint density at radius 3 is 2.13 bits per heavy atom. The van der Waals surface area contributed by atoms with Gasteiger partial charge >= 0.3 is 6.09 Å². The van der Waals surface area contributed by atoms with Crippen molar-refractivity contribution in [2.45, 2.75) is 72.6 Å². The van der Waals surface area contributed by atoms with Crippen molar-refractivity contribution in [1.29, 1.82) is 0 Å². The highest BCUT2D eigenvalue weighted by atomic mass is 32.2. The van der Waals surface area contributed by atoms with E-state index in [1.54, 1.807) is 11.8 Å². The lowest BCUT2D eigenvalue weighted by atomic mass is 9.99. The van der Waals surface area contributed by atoms with Crippen molar-refractivity contribution >= 4 is 29.5 Å². The first kappa shape index (κ1) is 27.0. The fourth-order valence-corrected chi connectivity index (χ4v) is 3.88. The summed E-state index contributed by atoms with van der Waals surface area (Å²) in [5.41, 5.74) is 0.870. The Bertz CT molecular complexity index is 679. The van der Waals surface area contributed by atoms with Crippen LogP contribution >= 0.6 is 11.8 Å². The van der Waals surface area contributed by atoms with Gasteiger partial charge in [0.2, 0.25) is 5.91 Å². The fraction of sp³-hybridized carbons (Fsp3) is 0.625. The van der Waals surface area contributed by atoms with Crippen LogP contribution in [0, 0.1) is 11.8 Å². The minimum atomic E-state index is -0.756. The summed E-state index contributed by atoms with van der Waals surface area (Å²) in [5.74, 6) is 1.42. The van der Waals surface area contributed by atoms with Gasteiger partial charge in [0, 0.05) is 0 Å². The number of hydrogen-bond acceptors (Lipinski definition) is 5. The number of ketones is 1. The zero-order chi connectivity index (χ0) is 23.2. The van der Waals surface area contributed by atoms with E-state index in [-0.39, 0.29) is 30.1 Å². The van der Waals surface area contributed by atoms with Gasteiger partial charge in [-0.3, -0.25) is 9.59 Å². The number of benzene rings is 1. The van der Waals surface area contributed by atoms with Crippen LogP contribution in [0.1, 0.15) is 59.4 Å². The first-order valence-corrected chi connectivity index (χ1v) is 12.3. The van der Waals surface area contributed by atoms with E-state index in [0.29, 0.717) is 18.6 Å². The second-order valence-corrected chi connectivity index (χ2v) is 9.70. The molecule has 7 heteroatoms. The molecule has 0 aliphatic carbocycles. The van der Waals surface area contributed by atoms with E-state index in [0.717, 1.165) is 17.7 Å². The summed E-state index contributed by atoms with van der Waals surface area (Å²) in [7, 11) is 0. The third-order valence-electron chi connectivity index (χ3n) is 4.53. The molecule has 0 aromatic heterocycles. The maximum atomic E-state index is 13.0. The van der Waals surface area contributed by atoms with Gasteiger partial charge in [0.1, 0.15) is 12.6 Å². The summed E-state index contributed by atoms with van der Waals surface area (Å²) in [6.45, 7) is 10.2. The zero-order valence-electron chi connectivity index (χ0n) is 19.5. The van der Waals surface area contributed by atoms with E-state index in [1.165, 1.54) is 0 Å². The monoisotopic (exact) mass is 450 g/mol.